The number of nitrogens with zero attached hydrogens (tertiary/aromatic N) is 1. The number of halogens is 1. The molecule has 0 atom stereocenters. The van der Waals surface area contributed by atoms with Gasteiger partial charge in [-0.15, -0.1) is 0 Å². The van der Waals surface area contributed by atoms with Gasteiger partial charge in [0.05, 0.1) is 13.2 Å². The van der Waals surface area contributed by atoms with Crippen LogP contribution in [0.15, 0.2) is 10.7 Å². The van der Waals surface area contributed by atoms with Gasteiger partial charge in [0.2, 0.25) is 0 Å². The van der Waals surface area contributed by atoms with Gasteiger partial charge in [0.25, 0.3) is 0 Å². The molecular formula is C7H10BrNO3. The second kappa shape index (κ2) is 4.47. The molecule has 0 aromatic carbocycles. The maximum absolute atomic E-state index is 10.4. The summed E-state index contributed by atoms with van der Waals surface area (Å²) in [5.41, 5.74) is 0. The standard InChI is InChI=1S/C7H10BrNO3/c8-6(7(10)11)5-9-1-3-12-4-2-9/h5H,1-4H2,(H,10,11)/b6-5-. The van der Waals surface area contributed by atoms with Gasteiger partial charge in [0.1, 0.15) is 4.48 Å². The van der Waals surface area contributed by atoms with E-state index in [1.165, 1.54) is 0 Å². The quantitative estimate of drug-likeness (QED) is 0.715. The molecule has 1 saturated heterocycles. The first kappa shape index (κ1) is 9.54. The zero-order chi connectivity index (χ0) is 8.97. The third-order valence-corrected chi connectivity index (χ3v) is 2.09. The Balaban J connectivity index is 2.47. The second-order valence-corrected chi connectivity index (χ2v) is 3.28. The maximum Gasteiger partial charge on any atom is 0.344 e. The van der Waals surface area contributed by atoms with E-state index in [9.17, 15) is 4.79 Å². The summed E-state index contributed by atoms with van der Waals surface area (Å²) in [6, 6.07) is 0. The first-order valence-corrected chi connectivity index (χ1v) is 4.42. The Kier molecular flexibility index (Phi) is 3.55. The Bertz CT molecular complexity index is 199. The van der Waals surface area contributed by atoms with Crippen molar-refractivity contribution in [2.45, 2.75) is 0 Å². The zero-order valence-corrected chi connectivity index (χ0v) is 8.08. The number of carboxylic acid groups (broad SMARTS) is 1. The number of aliphatic carboxylic acids is 1. The molecule has 0 amide bonds. The average Bonchev–Trinajstić information content (AvgIpc) is 2.06. The second-order valence-electron chi connectivity index (χ2n) is 2.43. The van der Waals surface area contributed by atoms with Crippen molar-refractivity contribution < 1.29 is 14.6 Å². The molecule has 1 aliphatic heterocycles. The molecule has 0 aliphatic carbocycles. The van der Waals surface area contributed by atoms with Gasteiger partial charge < -0.3 is 14.7 Å². The van der Waals surface area contributed by atoms with Crippen LogP contribution in [0.5, 0.6) is 0 Å². The number of hydrogen-bond acceptors (Lipinski definition) is 3. The van der Waals surface area contributed by atoms with Crippen molar-refractivity contribution in [2.75, 3.05) is 26.3 Å². The molecule has 0 saturated carbocycles. The van der Waals surface area contributed by atoms with Gasteiger partial charge in [0.15, 0.2) is 0 Å². The largest absolute Gasteiger partial charge is 0.477 e. The lowest BCUT2D eigenvalue weighted by atomic mass is 10.4. The van der Waals surface area contributed by atoms with E-state index in [0.717, 1.165) is 13.1 Å². The molecule has 1 rings (SSSR count). The summed E-state index contributed by atoms with van der Waals surface area (Å²) in [6.45, 7) is 2.83. The van der Waals surface area contributed by atoms with Crippen molar-refractivity contribution in [2.24, 2.45) is 0 Å². The summed E-state index contributed by atoms with van der Waals surface area (Å²) >= 11 is 2.96. The number of carbonyl (C=O) groups is 1. The van der Waals surface area contributed by atoms with Crippen molar-refractivity contribution in [3.05, 3.63) is 10.7 Å². The Morgan fingerprint density at radius 1 is 1.50 bits per heavy atom. The van der Waals surface area contributed by atoms with Crippen LogP contribution in [0.3, 0.4) is 0 Å². The molecule has 0 aromatic rings. The van der Waals surface area contributed by atoms with E-state index in [2.05, 4.69) is 15.9 Å². The number of carboxylic acids is 1. The van der Waals surface area contributed by atoms with Gasteiger partial charge in [-0.05, 0) is 15.9 Å². The summed E-state index contributed by atoms with van der Waals surface area (Å²) in [4.78, 5) is 12.3. The smallest absolute Gasteiger partial charge is 0.344 e. The van der Waals surface area contributed by atoms with Crippen LogP contribution in [0.25, 0.3) is 0 Å². The first-order chi connectivity index (χ1) is 5.70. The van der Waals surface area contributed by atoms with Crippen molar-refractivity contribution in [1.82, 2.24) is 4.90 Å². The lowest BCUT2D eigenvalue weighted by Gasteiger charge is -2.25. The third-order valence-electron chi connectivity index (χ3n) is 1.55. The molecule has 68 valence electrons. The number of rotatable bonds is 2. The van der Waals surface area contributed by atoms with E-state index >= 15 is 0 Å². The average molecular weight is 236 g/mol. The van der Waals surface area contributed by atoms with E-state index in [1.54, 1.807) is 6.20 Å². The summed E-state index contributed by atoms with van der Waals surface area (Å²) in [5, 5.41) is 8.54. The monoisotopic (exact) mass is 235 g/mol. The summed E-state index contributed by atoms with van der Waals surface area (Å²) < 4.78 is 5.29. The molecule has 0 unspecified atom stereocenters. The maximum atomic E-state index is 10.4. The van der Waals surface area contributed by atoms with Crippen LogP contribution in [0.1, 0.15) is 0 Å². The molecule has 1 N–H and O–H groups in total. The Hall–Kier alpha value is -0.550. The normalized spacial score (nSPS) is 19.4. The Labute approximate surface area is 78.9 Å². The van der Waals surface area contributed by atoms with Gasteiger partial charge in [-0.3, -0.25) is 0 Å². The van der Waals surface area contributed by atoms with Crippen LogP contribution in [-0.4, -0.2) is 42.3 Å². The molecule has 1 heterocycles. The lowest BCUT2D eigenvalue weighted by molar-refractivity contribution is -0.131. The van der Waals surface area contributed by atoms with E-state index < -0.39 is 5.97 Å². The molecule has 1 aliphatic rings. The number of hydrogen-bond donors (Lipinski definition) is 1. The van der Waals surface area contributed by atoms with E-state index in [-0.39, 0.29) is 4.48 Å². The molecule has 5 heteroatoms. The number of morpholine rings is 1. The fourth-order valence-corrected chi connectivity index (χ4v) is 1.21. The van der Waals surface area contributed by atoms with Gasteiger partial charge in [-0.2, -0.15) is 0 Å². The molecule has 0 bridgehead atoms. The molecule has 1 fully saturated rings. The molecule has 0 radical (unpaired) electrons. The van der Waals surface area contributed by atoms with Crippen LogP contribution in [0.4, 0.5) is 0 Å². The van der Waals surface area contributed by atoms with Crippen molar-refractivity contribution in [3.8, 4) is 0 Å². The number of ether oxygens (including phenoxy) is 1. The minimum atomic E-state index is -0.943. The highest BCUT2D eigenvalue weighted by molar-refractivity contribution is 9.12. The van der Waals surface area contributed by atoms with Crippen LogP contribution in [0.2, 0.25) is 0 Å². The lowest BCUT2D eigenvalue weighted by Crippen LogP contribution is -2.32. The van der Waals surface area contributed by atoms with Crippen molar-refractivity contribution in [3.63, 3.8) is 0 Å². The van der Waals surface area contributed by atoms with Crippen molar-refractivity contribution in [1.29, 1.82) is 0 Å². The van der Waals surface area contributed by atoms with E-state index in [0.29, 0.717) is 13.2 Å². The Morgan fingerprint density at radius 2 is 2.08 bits per heavy atom. The third kappa shape index (κ3) is 2.83. The van der Waals surface area contributed by atoms with Crippen LogP contribution in [-0.2, 0) is 9.53 Å². The fraction of sp³-hybridized carbons (Fsp3) is 0.571. The highest BCUT2D eigenvalue weighted by Gasteiger charge is 2.09. The minimum Gasteiger partial charge on any atom is -0.477 e. The molecular weight excluding hydrogens is 226 g/mol. The molecule has 12 heavy (non-hydrogen) atoms. The molecule has 0 spiro atoms. The van der Waals surface area contributed by atoms with Gasteiger partial charge in [0, 0.05) is 19.3 Å². The van der Waals surface area contributed by atoms with Crippen molar-refractivity contribution >= 4 is 21.9 Å². The van der Waals surface area contributed by atoms with Gasteiger partial charge in [-0.25, -0.2) is 4.79 Å². The summed E-state index contributed by atoms with van der Waals surface area (Å²) in [6.07, 6.45) is 1.59. The predicted molar refractivity (Wildman–Crippen MR) is 47.0 cm³/mol. The Morgan fingerprint density at radius 3 is 2.58 bits per heavy atom. The van der Waals surface area contributed by atoms with Crippen LogP contribution < -0.4 is 0 Å². The van der Waals surface area contributed by atoms with Crippen LogP contribution in [0, 0.1) is 0 Å². The van der Waals surface area contributed by atoms with E-state index in [4.69, 9.17) is 9.84 Å². The van der Waals surface area contributed by atoms with E-state index in [1.807, 2.05) is 4.90 Å². The predicted octanol–water partition coefficient (Wildman–Crippen LogP) is 0.640. The highest BCUT2D eigenvalue weighted by Crippen LogP contribution is 2.08. The first-order valence-electron chi connectivity index (χ1n) is 3.62. The summed E-state index contributed by atoms with van der Waals surface area (Å²) in [5.74, 6) is -0.943. The SMILES string of the molecule is O=C(O)/C(Br)=C/N1CCOCC1. The topological polar surface area (TPSA) is 49.8 Å². The summed E-state index contributed by atoms with van der Waals surface area (Å²) in [7, 11) is 0. The minimum absolute atomic E-state index is 0.185. The van der Waals surface area contributed by atoms with Gasteiger partial charge in [-0.1, -0.05) is 0 Å². The van der Waals surface area contributed by atoms with Gasteiger partial charge >= 0.3 is 5.97 Å². The van der Waals surface area contributed by atoms with Crippen LogP contribution >= 0.6 is 15.9 Å². The highest BCUT2D eigenvalue weighted by atomic mass is 79.9. The fourth-order valence-electron chi connectivity index (χ4n) is 0.922. The zero-order valence-electron chi connectivity index (χ0n) is 6.49. The molecule has 4 nitrogen and oxygen atoms in total. The molecule has 0 aromatic heterocycles.